The Morgan fingerprint density at radius 3 is 1.25 bits per heavy atom. The third kappa shape index (κ3) is 3.94. The minimum atomic E-state index is 0.0569. The number of hydrogen-bond acceptors (Lipinski definition) is 8. The third-order valence-electron chi connectivity index (χ3n) is 12.6. The van der Waals surface area contributed by atoms with Crippen LogP contribution >= 0.6 is 0 Å². The quantitative estimate of drug-likeness (QED) is 0.360. The third-order valence-corrected chi connectivity index (χ3v) is 12.6. The SMILES string of the molecule is C1CCC2C3N=C(NC4NC(NC5=NC(/N=C6\N/C(=N\3)C3CCCCC63)C3CCCCC53)C3CCCCC43)C2C1. The molecule has 0 aromatic heterocycles. The number of nitrogens with one attached hydrogen (secondary N) is 4. The van der Waals surface area contributed by atoms with Crippen molar-refractivity contribution in [3.8, 4) is 0 Å². The van der Waals surface area contributed by atoms with Crippen molar-refractivity contribution in [2.75, 3.05) is 0 Å². The monoisotopic (exact) mass is 544 g/mol. The maximum Gasteiger partial charge on any atom is 0.147 e. The number of fused-ring (bicyclic) bond motifs is 18. The molecule has 0 aromatic carbocycles. The van der Waals surface area contributed by atoms with Crippen molar-refractivity contribution in [2.45, 2.75) is 127 Å². The van der Waals surface area contributed by atoms with Crippen LogP contribution in [0.2, 0.25) is 0 Å². The van der Waals surface area contributed by atoms with Crippen molar-refractivity contribution < 1.29 is 0 Å². The summed E-state index contributed by atoms with van der Waals surface area (Å²) in [7, 11) is 0. The standard InChI is InChI=1S/C32H48N8/c1-2-10-18-17(9-1)25-33-26(18)38-28-21-13-5-6-14-22(21)30(35-28)40-32-24-16-8-7-15-23(24)31(36-32)39-29-20-12-4-3-11-19(20)27(34-29)37-25/h17-26,29-30,33H,1-16H2,(H,34,37)(H,35,38)(H,36,39,40). The summed E-state index contributed by atoms with van der Waals surface area (Å²) in [6.07, 6.45) is 21.4. The van der Waals surface area contributed by atoms with Gasteiger partial charge in [0.05, 0.1) is 12.3 Å². The Morgan fingerprint density at radius 2 is 0.775 bits per heavy atom. The maximum absolute atomic E-state index is 5.51. The molecule has 4 N–H and O–H groups in total. The summed E-state index contributed by atoms with van der Waals surface area (Å²) in [5.41, 5.74) is 0. The van der Waals surface area contributed by atoms with Crippen molar-refractivity contribution in [2.24, 2.45) is 67.3 Å². The van der Waals surface area contributed by atoms with E-state index in [1.165, 1.54) is 126 Å². The van der Waals surface area contributed by atoms with Gasteiger partial charge >= 0.3 is 0 Å². The lowest BCUT2D eigenvalue weighted by Gasteiger charge is -2.33. The highest BCUT2D eigenvalue weighted by Gasteiger charge is 2.50. The van der Waals surface area contributed by atoms with Gasteiger partial charge in [0.25, 0.3) is 0 Å². The first-order chi connectivity index (χ1) is 19.8. The van der Waals surface area contributed by atoms with E-state index in [4.69, 9.17) is 20.0 Å². The molecule has 0 radical (unpaired) electrons. The van der Waals surface area contributed by atoms with E-state index in [0.29, 0.717) is 59.7 Å². The zero-order chi connectivity index (χ0) is 26.2. The van der Waals surface area contributed by atoms with Crippen LogP contribution in [0.15, 0.2) is 20.0 Å². The Hall–Kier alpha value is -1.96. The van der Waals surface area contributed by atoms with Crippen LogP contribution in [-0.2, 0) is 0 Å². The molecule has 12 atom stereocenters. The summed E-state index contributed by atoms with van der Waals surface area (Å²) < 4.78 is 0. The number of nitrogens with zero attached hydrogens (tertiary/aromatic N) is 4. The highest BCUT2D eigenvalue weighted by atomic mass is 15.3. The van der Waals surface area contributed by atoms with E-state index in [0.717, 1.165) is 0 Å². The molecule has 4 saturated carbocycles. The first-order valence-corrected chi connectivity index (χ1v) is 17.2. The van der Waals surface area contributed by atoms with E-state index in [-0.39, 0.29) is 12.3 Å². The molecule has 8 heteroatoms. The molecule has 2 saturated heterocycles. The zero-order valence-electron chi connectivity index (χ0n) is 24.0. The van der Waals surface area contributed by atoms with Crippen molar-refractivity contribution >= 4 is 23.3 Å². The molecule has 4 aliphatic carbocycles. The summed E-state index contributed by atoms with van der Waals surface area (Å²) in [6.45, 7) is 0. The normalized spacial score (nSPS) is 51.6. The van der Waals surface area contributed by atoms with Gasteiger partial charge in [-0.3, -0.25) is 5.32 Å². The fourth-order valence-electron chi connectivity index (χ4n) is 10.6. The molecule has 5 aliphatic heterocycles. The Bertz CT molecular complexity index is 1060. The Labute approximate surface area is 239 Å². The van der Waals surface area contributed by atoms with Crippen LogP contribution in [0.1, 0.15) is 103 Å². The molecule has 8 nitrogen and oxygen atoms in total. The first kappa shape index (κ1) is 24.6. The zero-order valence-corrected chi connectivity index (χ0v) is 24.0. The van der Waals surface area contributed by atoms with Crippen LogP contribution in [0, 0.1) is 47.3 Å². The molecular formula is C32H48N8. The van der Waals surface area contributed by atoms with Gasteiger partial charge in [-0.05, 0) is 63.2 Å². The minimum Gasteiger partial charge on any atom is -0.358 e. The van der Waals surface area contributed by atoms with Crippen LogP contribution in [0.5, 0.6) is 0 Å². The van der Waals surface area contributed by atoms with Gasteiger partial charge in [0.2, 0.25) is 0 Å². The predicted molar refractivity (Wildman–Crippen MR) is 159 cm³/mol. The van der Waals surface area contributed by atoms with Crippen molar-refractivity contribution in [1.82, 2.24) is 21.3 Å². The molecular weight excluding hydrogens is 496 g/mol. The molecule has 0 amide bonds. The molecule has 9 rings (SSSR count). The molecule has 216 valence electrons. The summed E-state index contributed by atoms with van der Waals surface area (Å²) in [6, 6.07) is 0. The fraction of sp³-hybridized carbons (Fsp3) is 0.875. The minimum absolute atomic E-state index is 0.0569. The lowest BCUT2D eigenvalue weighted by molar-refractivity contribution is 0.231. The van der Waals surface area contributed by atoms with E-state index in [2.05, 4.69) is 21.3 Å². The van der Waals surface area contributed by atoms with E-state index < -0.39 is 0 Å². The highest BCUT2D eigenvalue weighted by molar-refractivity contribution is 6.10. The second kappa shape index (κ2) is 9.81. The summed E-state index contributed by atoms with van der Waals surface area (Å²) in [5, 5.41) is 16.0. The summed E-state index contributed by atoms with van der Waals surface area (Å²) in [4.78, 5) is 21.9. The van der Waals surface area contributed by atoms with Crippen molar-refractivity contribution in [3.05, 3.63) is 0 Å². The Morgan fingerprint density at radius 1 is 0.400 bits per heavy atom. The van der Waals surface area contributed by atoms with Gasteiger partial charge in [0, 0.05) is 35.5 Å². The van der Waals surface area contributed by atoms with Gasteiger partial charge in [-0.1, -0.05) is 51.4 Å². The van der Waals surface area contributed by atoms with E-state index >= 15 is 0 Å². The van der Waals surface area contributed by atoms with Crippen molar-refractivity contribution in [1.29, 1.82) is 0 Å². The molecule has 40 heavy (non-hydrogen) atoms. The van der Waals surface area contributed by atoms with Crippen LogP contribution in [0.25, 0.3) is 0 Å². The Balaban J connectivity index is 1.14. The lowest BCUT2D eigenvalue weighted by Crippen LogP contribution is -2.53. The van der Waals surface area contributed by atoms with E-state index in [9.17, 15) is 0 Å². The maximum atomic E-state index is 5.51. The van der Waals surface area contributed by atoms with Gasteiger partial charge in [0.1, 0.15) is 35.7 Å². The number of hydrogen-bond donors (Lipinski definition) is 4. The average molecular weight is 545 g/mol. The van der Waals surface area contributed by atoms with Gasteiger partial charge in [-0.15, -0.1) is 0 Å². The van der Waals surface area contributed by atoms with Gasteiger partial charge < -0.3 is 16.0 Å². The highest BCUT2D eigenvalue weighted by Crippen LogP contribution is 2.45. The van der Waals surface area contributed by atoms with Crippen LogP contribution in [-0.4, -0.2) is 48.0 Å². The smallest absolute Gasteiger partial charge is 0.147 e. The van der Waals surface area contributed by atoms with Gasteiger partial charge in [-0.25, -0.2) is 20.0 Å². The predicted octanol–water partition coefficient (Wildman–Crippen LogP) is 4.54. The van der Waals surface area contributed by atoms with Crippen LogP contribution in [0.3, 0.4) is 0 Å². The summed E-state index contributed by atoms with van der Waals surface area (Å²) >= 11 is 0. The number of rotatable bonds is 0. The molecule has 6 fully saturated rings. The second-order valence-electron chi connectivity index (χ2n) is 14.6. The van der Waals surface area contributed by atoms with E-state index in [1.807, 2.05) is 0 Å². The topological polar surface area (TPSA) is 97.6 Å². The molecule has 8 bridgehead atoms. The first-order valence-electron chi connectivity index (χ1n) is 17.2. The fourth-order valence-corrected chi connectivity index (χ4v) is 10.6. The molecule has 0 aromatic rings. The van der Waals surface area contributed by atoms with Gasteiger partial charge in [0.15, 0.2) is 0 Å². The molecule has 5 heterocycles. The van der Waals surface area contributed by atoms with Gasteiger partial charge in [-0.2, -0.15) is 0 Å². The molecule has 9 aliphatic rings. The largest absolute Gasteiger partial charge is 0.358 e. The molecule has 0 spiro atoms. The summed E-state index contributed by atoms with van der Waals surface area (Å²) in [5.74, 6) is 9.35. The van der Waals surface area contributed by atoms with Crippen LogP contribution in [0.4, 0.5) is 0 Å². The lowest BCUT2D eigenvalue weighted by atomic mass is 9.77. The van der Waals surface area contributed by atoms with E-state index in [1.54, 1.807) is 0 Å². The Kier molecular flexibility index (Phi) is 6.04. The number of amidine groups is 4. The second-order valence-corrected chi connectivity index (χ2v) is 14.6. The average Bonchev–Trinajstić information content (AvgIpc) is 3.73. The van der Waals surface area contributed by atoms with Crippen molar-refractivity contribution in [3.63, 3.8) is 0 Å². The number of aliphatic imine (C=N–C) groups is 4. The van der Waals surface area contributed by atoms with Crippen LogP contribution < -0.4 is 21.3 Å². The molecule has 12 unspecified atom stereocenters.